The van der Waals surface area contributed by atoms with E-state index in [1.165, 1.54) is 5.57 Å². The van der Waals surface area contributed by atoms with Crippen LogP contribution in [0.4, 0.5) is 0 Å². The number of nitrogens with one attached hydrogen (secondary N) is 1. The van der Waals surface area contributed by atoms with Crippen LogP contribution in [-0.4, -0.2) is 33.0 Å². The Morgan fingerprint density at radius 2 is 2.55 bits per heavy atom. The summed E-state index contributed by atoms with van der Waals surface area (Å²) in [6, 6.07) is 0. The Morgan fingerprint density at radius 1 is 1.64 bits per heavy atom. The van der Waals surface area contributed by atoms with Gasteiger partial charge in [-0.15, -0.1) is 0 Å². The highest BCUT2D eigenvalue weighted by Crippen LogP contribution is 2.23. The van der Waals surface area contributed by atoms with Gasteiger partial charge in [-0.3, -0.25) is 10.3 Å². The molecular weight excluding hydrogens is 146 g/mol. The molecular formula is C7H11NO3. The lowest BCUT2D eigenvalue weighted by molar-refractivity contribution is 0.0138. The van der Waals surface area contributed by atoms with Crippen LogP contribution in [0.2, 0.25) is 0 Å². The highest BCUT2D eigenvalue weighted by molar-refractivity contribution is 5.24. The molecule has 0 radical (unpaired) electrons. The first-order valence-corrected chi connectivity index (χ1v) is 3.62. The van der Waals surface area contributed by atoms with Crippen molar-refractivity contribution >= 4 is 0 Å². The lowest BCUT2D eigenvalue weighted by atomic mass is 10.1. The van der Waals surface area contributed by atoms with Crippen molar-refractivity contribution in [1.29, 1.82) is 0 Å². The van der Waals surface area contributed by atoms with E-state index in [1.807, 2.05) is 0 Å². The van der Waals surface area contributed by atoms with E-state index in [-0.39, 0.29) is 6.10 Å². The third kappa shape index (κ3) is 1.13. The number of hydrogen-bond donors (Lipinski definition) is 1. The van der Waals surface area contributed by atoms with E-state index >= 15 is 0 Å². The average Bonchev–Trinajstić information content (AvgIpc) is 2.53. The van der Waals surface area contributed by atoms with E-state index in [0.29, 0.717) is 19.8 Å². The maximum atomic E-state index is 5.42. The summed E-state index contributed by atoms with van der Waals surface area (Å²) >= 11 is 0. The number of rotatable bonds is 2. The van der Waals surface area contributed by atoms with E-state index in [1.54, 1.807) is 7.11 Å². The summed E-state index contributed by atoms with van der Waals surface area (Å²) in [6.45, 7) is 1.87. The van der Waals surface area contributed by atoms with Crippen LogP contribution in [-0.2, 0) is 14.3 Å². The third-order valence-corrected chi connectivity index (χ3v) is 1.95. The maximum absolute atomic E-state index is 5.42. The minimum atomic E-state index is 0.102. The maximum Gasteiger partial charge on any atom is 0.107 e. The van der Waals surface area contributed by atoms with Crippen LogP contribution in [0.25, 0.3) is 0 Å². The lowest BCUT2D eigenvalue weighted by Gasteiger charge is -2.10. The Morgan fingerprint density at radius 3 is 3.36 bits per heavy atom. The highest BCUT2D eigenvalue weighted by atomic mass is 16.7. The Bertz CT molecular complexity index is 190. The van der Waals surface area contributed by atoms with Gasteiger partial charge in [0, 0.05) is 12.7 Å². The normalized spacial score (nSPS) is 29.0. The third-order valence-electron chi connectivity index (χ3n) is 1.95. The molecule has 1 N–H and O–H groups in total. The predicted molar refractivity (Wildman–Crippen MR) is 37.7 cm³/mol. The summed E-state index contributed by atoms with van der Waals surface area (Å²) in [5, 5.41) is 0. The molecule has 2 aliphatic rings. The van der Waals surface area contributed by atoms with Gasteiger partial charge < -0.3 is 9.47 Å². The molecule has 0 saturated heterocycles. The topological polar surface area (TPSA) is 39.7 Å². The first-order chi connectivity index (χ1) is 5.42. The van der Waals surface area contributed by atoms with Gasteiger partial charge in [0.05, 0.1) is 18.9 Å². The molecule has 2 rings (SSSR count). The summed E-state index contributed by atoms with van der Waals surface area (Å²) in [6.07, 6.45) is 0.102. The molecule has 0 aromatic rings. The molecule has 1 atom stereocenters. The van der Waals surface area contributed by atoms with Gasteiger partial charge in [0.25, 0.3) is 0 Å². The van der Waals surface area contributed by atoms with Crippen LogP contribution < -0.4 is 5.48 Å². The van der Waals surface area contributed by atoms with E-state index in [2.05, 4.69) is 5.48 Å². The van der Waals surface area contributed by atoms with Gasteiger partial charge in [-0.05, 0) is 0 Å². The molecule has 11 heavy (non-hydrogen) atoms. The molecule has 0 fully saturated rings. The van der Waals surface area contributed by atoms with Crippen molar-refractivity contribution in [3.8, 4) is 0 Å². The van der Waals surface area contributed by atoms with E-state index in [4.69, 9.17) is 14.3 Å². The van der Waals surface area contributed by atoms with Crippen LogP contribution in [0.5, 0.6) is 0 Å². The van der Waals surface area contributed by atoms with Crippen molar-refractivity contribution in [1.82, 2.24) is 5.48 Å². The van der Waals surface area contributed by atoms with Crippen LogP contribution in [0.15, 0.2) is 11.3 Å². The van der Waals surface area contributed by atoms with Gasteiger partial charge >= 0.3 is 0 Å². The summed E-state index contributed by atoms with van der Waals surface area (Å²) in [7, 11) is 1.67. The predicted octanol–water partition coefficient (Wildman–Crippen LogP) is -0.179. The second kappa shape index (κ2) is 2.81. The lowest BCUT2D eigenvalue weighted by Crippen LogP contribution is -2.19. The smallest absolute Gasteiger partial charge is 0.107 e. The number of hydrogen-bond acceptors (Lipinski definition) is 4. The van der Waals surface area contributed by atoms with Crippen molar-refractivity contribution in [2.24, 2.45) is 0 Å². The van der Waals surface area contributed by atoms with Gasteiger partial charge in [0.1, 0.15) is 12.7 Å². The average molecular weight is 157 g/mol. The van der Waals surface area contributed by atoms with E-state index in [0.717, 1.165) is 5.70 Å². The van der Waals surface area contributed by atoms with Crippen LogP contribution in [0.1, 0.15) is 0 Å². The van der Waals surface area contributed by atoms with Gasteiger partial charge in [-0.1, -0.05) is 0 Å². The summed E-state index contributed by atoms with van der Waals surface area (Å²) in [5.41, 5.74) is 5.08. The Kier molecular flexibility index (Phi) is 1.81. The monoisotopic (exact) mass is 157 g/mol. The molecule has 0 unspecified atom stereocenters. The van der Waals surface area contributed by atoms with Crippen molar-refractivity contribution < 1.29 is 14.3 Å². The first-order valence-electron chi connectivity index (χ1n) is 3.62. The fourth-order valence-corrected chi connectivity index (χ4v) is 1.35. The van der Waals surface area contributed by atoms with Crippen molar-refractivity contribution in [3.63, 3.8) is 0 Å². The fraction of sp³-hybridized carbons (Fsp3) is 0.714. The zero-order chi connectivity index (χ0) is 7.68. The van der Waals surface area contributed by atoms with Gasteiger partial charge in [-0.2, -0.15) is 0 Å². The SMILES string of the molecule is COC[C@H]1OCC2=C1CON2. The molecule has 0 aliphatic carbocycles. The number of hydroxylamine groups is 1. The van der Waals surface area contributed by atoms with Crippen LogP contribution in [0, 0.1) is 0 Å². The standard InChI is InChI=1S/C7H11NO3/c1-9-4-7-5-2-11-8-6(5)3-10-7/h7-8H,2-4H2,1H3/t7-/m1/s1. The Hall–Kier alpha value is -0.580. The highest BCUT2D eigenvalue weighted by Gasteiger charge is 2.30. The van der Waals surface area contributed by atoms with Gasteiger partial charge in [0.15, 0.2) is 0 Å². The van der Waals surface area contributed by atoms with Crippen LogP contribution >= 0.6 is 0 Å². The number of ether oxygens (including phenoxy) is 2. The molecule has 0 saturated carbocycles. The van der Waals surface area contributed by atoms with Gasteiger partial charge in [-0.25, -0.2) is 0 Å². The fourth-order valence-electron chi connectivity index (χ4n) is 1.35. The second-order valence-electron chi connectivity index (χ2n) is 2.65. The molecule has 2 aliphatic heterocycles. The quantitative estimate of drug-likeness (QED) is 0.603. The number of methoxy groups -OCH3 is 1. The second-order valence-corrected chi connectivity index (χ2v) is 2.65. The molecule has 0 spiro atoms. The molecule has 62 valence electrons. The minimum absolute atomic E-state index is 0.102. The zero-order valence-corrected chi connectivity index (χ0v) is 6.42. The molecule has 4 heteroatoms. The van der Waals surface area contributed by atoms with Crippen molar-refractivity contribution in [2.75, 3.05) is 26.9 Å². The molecule has 2 heterocycles. The first kappa shape index (κ1) is 7.09. The Labute approximate surface area is 65.1 Å². The van der Waals surface area contributed by atoms with Crippen molar-refractivity contribution in [3.05, 3.63) is 11.3 Å². The summed E-state index contributed by atoms with van der Waals surface area (Å²) in [4.78, 5) is 5.03. The zero-order valence-electron chi connectivity index (χ0n) is 6.42. The summed E-state index contributed by atoms with van der Waals surface area (Å²) in [5.74, 6) is 0. The molecule has 0 amide bonds. The molecule has 0 aromatic heterocycles. The summed E-state index contributed by atoms with van der Waals surface area (Å²) < 4.78 is 10.4. The van der Waals surface area contributed by atoms with Gasteiger partial charge in [0.2, 0.25) is 0 Å². The molecule has 0 bridgehead atoms. The van der Waals surface area contributed by atoms with E-state index < -0.39 is 0 Å². The minimum Gasteiger partial charge on any atom is -0.382 e. The van der Waals surface area contributed by atoms with Crippen LogP contribution in [0.3, 0.4) is 0 Å². The van der Waals surface area contributed by atoms with E-state index in [9.17, 15) is 0 Å². The molecule has 0 aromatic carbocycles. The Balaban J connectivity index is 2.03. The largest absolute Gasteiger partial charge is 0.382 e. The molecule has 4 nitrogen and oxygen atoms in total. The van der Waals surface area contributed by atoms with Crippen molar-refractivity contribution in [2.45, 2.75) is 6.10 Å².